The number of aromatic nitrogens is 3. The number of nitrogens with zero attached hydrogens (tertiary/aromatic N) is 3. The van der Waals surface area contributed by atoms with Crippen molar-refractivity contribution in [1.82, 2.24) is 14.5 Å². The second-order valence-electron chi connectivity index (χ2n) is 4.36. The van der Waals surface area contributed by atoms with Crippen LogP contribution in [0.4, 0.5) is 0 Å². The Labute approximate surface area is 99.1 Å². The molecular weight excluding hydrogens is 218 g/mol. The molecule has 0 saturated carbocycles. The lowest BCUT2D eigenvalue weighted by Crippen LogP contribution is -2.10. The highest BCUT2D eigenvalue weighted by Crippen LogP contribution is 2.17. The molecule has 0 radical (unpaired) electrons. The lowest BCUT2D eigenvalue weighted by atomic mass is 10.0. The van der Waals surface area contributed by atoms with Crippen LogP contribution >= 0.6 is 0 Å². The molecule has 2 aromatic heterocycles. The zero-order valence-electron chi connectivity index (χ0n) is 9.92. The number of aliphatic carboxylic acids is 1. The molecular formula is C12H15N3O2. The zero-order chi connectivity index (χ0) is 12.4. The van der Waals surface area contributed by atoms with Crippen molar-refractivity contribution in [2.45, 2.75) is 19.8 Å². The number of hydrogen-bond acceptors (Lipinski definition) is 3. The van der Waals surface area contributed by atoms with E-state index in [1.54, 1.807) is 12.4 Å². The molecule has 5 heteroatoms. The highest BCUT2D eigenvalue weighted by molar-refractivity contribution is 5.74. The fourth-order valence-corrected chi connectivity index (χ4v) is 1.97. The van der Waals surface area contributed by atoms with Crippen LogP contribution in [0.2, 0.25) is 0 Å². The van der Waals surface area contributed by atoms with Crippen molar-refractivity contribution in [2.24, 2.45) is 13.0 Å². The summed E-state index contributed by atoms with van der Waals surface area (Å²) in [5.74, 6) is 0.218. The Bertz CT molecular complexity index is 548. The normalized spacial score (nSPS) is 12.8. The van der Waals surface area contributed by atoms with E-state index in [0.717, 1.165) is 16.9 Å². The van der Waals surface area contributed by atoms with Crippen molar-refractivity contribution in [1.29, 1.82) is 0 Å². The summed E-state index contributed by atoms with van der Waals surface area (Å²) in [7, 11) is 1.94. The Morgan fingerprint density at radius 1 is 1.59 bits per heavy atom. The van der Waals surface area contributed by atoms with E-state index in [2.05, 4.69) is 9.97 Å². The molecule has 0 aliphatic carbocycles. The van der Waals surface area contributed by atoms with Gasteiger partial charge in [-0.15, -0.1) is 0 Å². The van der Waals surface area contributed by atoms with Crippen LogP contribution < -0.4 is 0 Å². The van der Waals surface area contributed by atoms with Gasteiger partial charge in [0.15, 0.2) is 0 Å². The van der Waals surface area contributed by atoms with Gasteiger partial charge >= 0.3 is 5.97 Å². The molecule has 0 aromatic carbocycles. The Kier molecular flexibility index (Phi) is 3.08. The van der Waals surface area contributed by atoms with Gasteiger partial charge in [0.1, 0.15) is 11.3 Å². The lowest BCUT2D eigenvalue weighted by Gasteiger charge is -2.08. The molecule has 0 aliphatic rings. The van der Waals surface area contributed by atoms with E-state index in [-0.39, 0.29) is 12.3 Å². The predicted octanol–water partition coefficient (Wildman–Crippen LogP) is 1.62. The molecule has 1 unspecified atom stereocenters. The van der Waals surface area contributed by atoms with Crippen LogP contribution in [0, 0.1) is 5.92 Å². The van der Waals surface area contributed by atoms with Crippen molar-refractivity contribution < 1.29 is 9.90 Å². The van der Waals surface area contributed by atoms with E-state index in [1.165, 1.54) is 0 Å². The number of carboxylic acid groups (broad SMARTS) is 1. The minimum absolute atomic E-state index is 0.0796. The number of carbonyl (C=O) groups is 1. The van der Waals surface area contributed by atoms with Gasteiger partial charge in [-0.2, -0.15) is 0 Å². The van der Waals surface area contributed by atoms with E-state index in [1.807, 2.05) is 24.6 Å². The predicted molar refractivity (Wildman–Crippen MR) is 63.6 cm³/mol. The van der Waals surface area contributed by atoms with Gasteiger partial charge in [0.2, 0.25) is 0 Å². The molecule has 0 saturated heterocycles. The first-order valence-corrected chi connectivity index (χ1v) is 5.55. The molecule has 0 spiro atoms. The first-order chi connectivity index (χ1) is 8.08. The Morgan fingerprint density at radius 3 is 3.00 bits per heavy atom. The second kappa shape index (κ2) is 4.53. The SMILES string of the molecule is CC(CC(=O)O)Cc1nc2cnccc2n1C. The minimum Gasteiger partial charge on any atom is -0.481 e. The molecule has 0 fully saturated rings. The van der Waals surface area contributed by atoms with Gasteiger partial charge < -0.3 is 9.67 Å². The zero-order valence-corrected chi connectivity index (χ0v) is 9.92. The Hall–Kier alpha value is -1.91. The van der Waals surface area contributed by atoms with Crippen molar-refractivity contribution in [3.8, 4) is 0 Å². The summed E-state index contributed by atoms with van der Waals surface area (Å²) >= 11 is 0. The van der Waals surface area contributed by atoms with E-state index < -0.39 is 5.97 Å². The first-order valence-electron chi connectivity index (χ1n) is 5.55. The summed E-state index contributed by atoms with van der Waals surface area (Å²) in [4.78, 5) is 19.1. The summed E-state index contributed by atoms with van der Waals surface area (Å²) in [5.41, 5.74) is 1.88. The van der Waals surface area contributed by atoms with Crippen LogP contribution in [-0.2, 0) is 18.3 Å². The quantitative estimate of drug-likeness (QED) is 0.871. The molecule has 2 aromatic rings. The summed E-state index contributed by atoms with van der Waals surface area (Å²) in [6, 6.07) is 1.91. The summed E-state index contributed by atoms with van der Waals surface area (Å²) in [5, 5.41) is 8.73. The molecule has 0 amide bonds. The third-order valence-corrected chi connectivity index (χ3v) is 2.83. The van der Waals surface area contributed by atoms with E-state index in [9.17, 15) is 4.79 Å². The standard InChI is InChI=1S/C12H15N3O2/c1-8(6-12(16)17)5-11-14-9-7-13-4-3-10(9)15(11)2/h3-4,7-8H,5-6H2,1-2H3,(H,16,17). The van der Waals surface area contributed by atoms with Crippen LogP contribution in [0.15, 0.2) is 18.5 Å². The largest absolute Gasteiger partial charge is 0.481 e. The molecule has 2 rings (SSSR count). The second-order valence-corrected chi connectivity index (χ2v) is 4.36. The molecule has 1 atom stereocenters. The maximum atomic E-state index is 10.6. The highest BCUT2D eigenvalue weighted by Gasteiger charge is 2.13. The van der Waals surface area contributed by atoms with Crippen molar-refractivity contribution in [2.75, 3.05) is 0 Å². The van der Waals surface area contributed by atoms with Gasteiger partial charge in [-0.1, -0.05) is 6.92 Å². The number of rotatable bonds is 4. The summed E-state index contributed by atoms with van der Waals surface area (Å²) < 4.78 is 2.00. The molecule has 17 heavy (non-hydrogen) atoms. The number of aryl methyl sites for hydroxylation is 1. The minimum atomic E-state index is -0.766. The van der Waals surface area contributed by atoms with Gasteiger partial charge in [0.05, 0.1) is 11.7 Å². The van der Waals surface area contributed by atoms with Gasteiger partial charge in [0, 0.05) is 26.1 Å². The van der Waals surface area contributed by atoms with Crippen molar-refractivity contribution in [3.63, 3.8) is 0 Å². The number of carboxylic acids is 1. The number of pyridine rings is 1. The van der Waals surface area contributed by atoms with Crippen LogP contribution in [0.1, 0.15) is 19.2 Å². The van der Waals surface area contributed by atoms with Crippen molar-refractivity contribution >= 4 is 17.0 Å². The lowest BCUT2D eigenvalue weighted by molar-refractivity contribution is -0.137. The number of fused-ring (bicyclic) bond motifs is 1. The molecule has 0 bridgehead atoms. The maximum absolute atomic E-state index is 10.6. The molecule has 90 valence electrons. The average molecular weight is 233 g/mol. The average Bonchev–Trinajstić information content (AvgIpc) is 2.55. The van der Waals surface area contributed by atoms with E-state index in [4.69, 9.17) is 5.11 Å². The topological polar surface area (TPSA) is 68.0 Å². The van der Waals surface area contributed by atoms with E-state index in [0.29, 0.717) is 6.42 Å². The Balaban J connectivity index is 2.24. The van der Waals surface area contributed by atoms with Gasteiger partial charge in [-0.25, -0.2) is 4.98 Å². The summed E-state index contributed by atoms with van der Waals surface area (Å²) in [6.07, 6.45) is 4.29. The molecule has 5 nitrogen and oxygen atoms in total. The number of imidazole rings is 1. The van der Waals surface area contributed by atoms with Gasteiger partial charge in [-0.3, -0.25) is 9.78 Å². The Morgan fingerprint density at radius 2 is 2.35 bits per heavy atom. The van der Waals surface area contributed by atoms with Crippen LogP contribution in [0.25, 0.3) is 11.0 Å². The summed E-state index contributed by atoms with van der Waals surface area (Å²) in [6.45, 7) is 1.92. The molecule has 0 aliphatic heterocycles. The third kappa shape index (κ3) is 2.43. The van der Waals surface area contributed by atoms with Crippen LogP contribution in [-0.4, -0.2) is 25.6 Å². The fraction of sp³-hybridized carbons (Fsp3) is 0.417. The smallest absolute Gasteiger partial charge is 0.303 e. The van der Waals surface area contributed by atoms with Crippen LogP contribution in [0.5, 0.6) is 0 Å². The number of hydrogen-bond donors (Lipinski definition) is 1. The van der Waals surface area contributed by atoms with Gasteiger partial charge in [0.25, 0.3) is 0 Å². The van der Waals surface area contributed by atoms with E-state index >= 15 is 0 Å². The van der Waals surface area contributed by atoms with Crippen molar-refractivity contribution in [3.05, 3.63) is 24.3 Å². The first kappa shape index (κ1) is 11.6. The fourth-order valence-electron chi connectivity index (χ4n) is 1.97. The van der Waals surface area contributed by atoms with Gasteiger partial charge in [-0.05, 0) is 12.0 Å². The third-order valence-electron chi connectivity index (χ3n) is 2.83. The maximum Gasteiger partial charge on any atom is 0.303 e. The molecule has 1 N–H and O–H groups in total. The molecule has 2 heterocycles. The monoisotopic (exact) mass is 233 g/mol. The highest BCUT2D eigenvalue weighted by atomic mass is 16.4. The van der Waals surface area contributed by atoms with Crippen LogP contribution in [0.3, 0.4) is 0 Å².